The maximum atomic E-state index is 15.2. The van der Waals surface area contributed by atoms with Gasteiger partial charge in [0, 0.05) is 55.3 Å². The van der Waals surface area contributed by atoms with E-state index in [4.69, 9.17) is 0 Å². The molecule has 1 aromatic heterocycles. The summed E-state index contributed by atoms with van der Waals surface area (Å²) in [5, 5.41) is 34.6. The number of nitrogens with one attached hydrogen (secondary N) is 1. The number of carboxylic acid groups (broad SMARTS) is 2. The Morgan fingerprint density at radius 3 is 2.32 bits per heavy atom. The van der Waals surface area contributed by atoms with Gasteiger partial charge in [-0.25, -0.2) is 9.18 Å². The van der Waals surface area contributed by atoms with E-state index in [0.717, 1.165) is 35.6 Å². The van der Waals surface area contributed by atoms with Crippen molar-refractivity contribution in [3.05, 3.63) is 50.5 Å². The summed E-state index contributed by atoms with van der Waals surface area (Å²) in [6.45, 7) is 0.685. The average molecular weight is 646 g/mol. The van der Waals surface area contributed by atoms with E-state index in [1.807, 2.05) is 0 Å². The number of rotatable bonds is 8. The summed E-state index contributed by atoms with van der Waals surface area (Å²) in [5.41, 5.74) is -0.919. The van der Waals surface area contributed by atoms with Crippen LogP contribution in [-0.4, -0.2) is 88.1 Å². The number of aliphatic hydroxyl groups is 1. The normalized spacial score (nSPS) is 21.0. The van der Waals surface area contributed by atoms with Crippen LogP contribution in [0.15, 0.2) is 33.7 Å². The molecule has 3 amide bonds. The monoisotopic (exact) mass is 645 g/mol. The number of halogens is 1. The first-order valence-corrected chi connectivity index (χ1v) is 14.4. The van der Waals surface area contributed by atoms with Crippen molar-refractivity contribution in [2.24, 2.45) is 5.92 Å². The Bertz CT molecular complexity index is 1630. The van der Waals surface area contributed by atoms with Gasteiger partial charge in [-0.05, 0) is 31.4 Å². The molecule has 0 radical (unpaired) electrons. The molecule has 17 heteroatoms. The van der Waals surface area contributed by atoms with E-state index >= 15 is 4.39 Å². The first-order valence-electron chi connectivity index (χ1n) is 13.5. The van der Waals surface area contributed by atoms with Crippen LogP contribution in [0, 0.1) is 11.7 Å². The Balaban J connectivity index is 0.00000221. The summed E-state index contributed by atoms with van der Waals surface area (Å²) >= 11 is 1.16. The summed E-state index contributed by atoms with van der Waals surface area (Å²) in [6.07, 6.45) is 3.09. The smallest absolute Gasteiger partial charge is 0.545 e. The third-order valence-electron chi connectivity index (χ3n) is 8.12. The fraction of sp³-hybridized carbons (Fsp3) is 0.444. The van der Waals surface area contributed by atoms with Crippen LogP contribution < -0.4 is 85.0 Å². The number of amides is 3. The Labute approximate surface area is 299 Å². The summed E-state index contributed by atoms with van der Waals surface area (Å²) < 4.78 is 16.9. The number of carbonyl (C=O) groups is 4. The molecule has 2 saturated heterocycles. The quantitative estimate of drug-likeness (QED) is 0.207. The Kier molecular flexibility index (Phi) is 10.8. The number of nitrogens with zero attached hydrogens (tertiary/aromatic N) is 4. The van der Waals surface area contributed by atoms with Gasteiger partial charge in [0.15, 0.2) is 5.43 Å². The van der Waals surface area contributed by atoms with Gasteiger partial charge in [-0.3, -0.25) is 14.5 Å². The molecule has 1 aliphatic carbocycles. The molecule has 4 aliphatic rings. The number of thioether (sulfide) groups is 1. The minimum Gasteiger partial charge on any atom is -0.545 e. The van der Waals surface area contributed by atoms with E-state index in [0.29, 0.717) is 10.4 Å². The number of pyridine rings is 1. The van der Waals surface area contributed by atoms with Crippen LogP contribution in [0.4, 0.5) is 14.9 Å². The molecule has 0 unspecified atom stereocenters. The predicted molar refractivity (Wildman–Crippen MR) is 143 cm³/mol. The zero-order chi connectivity index (χ0) is 29.9. The molecular formula is C27H26FN5Na2O8S. The average Bonchev–Trinajstić information content (AvgIpc) is 3.75. The van der Waals surface area contributed by atoms with Crippen molar-refractivity contribution in [2.45, 2.75) is 30.7 Å². The van der Waals surface area contributed by atoms with Gasteiger partial charge in [-0.2, -0.15) is 0 Å². The summed E-state index contributed by atoms with van der Waals surface area (Å²) in [7, 11) is 0. The summed E-state index contributed by atoms with van der Waals surface area (Å²) in [6, 6.07) is 2.16. The topological polar surface area (TPSA) is 178 Å². The van der Waals surface area contributed by atoms with Crippen molar-refractivity contribution in [1.29, 1.82) is 0 Å². The molecule has 2 N–H and O–H groups in total. The number of benzene rings is 1. The van der Waals surface area contributed by atoms with E-state index in [9.17, 15) is 39.3 Å². The Morgan fingerprint density at radius 1 is 1.05 bits per heavy atom. The third kappa shape index (κ3) is 6.17. The molecule has 1 saturated carbocycles. The Hall–Kier alpha value is -2.11. The number of aliphatic hydroxyl groups excluding tert-OH is 1. The second-order valence-corrected chi connectivity index (χ2v) is 11.9. The minimum atomic E-state index is -1.61. The zero-order valence-electron chi connectivity index (χ0n) is 24.2. The largest absolute Gasteiger partial charge is 1.00 e. The first-order chi connectivity index (χ1) is 20.1. The van der Waals surface area contributed by atoms with E-state index in [-0.39, 0.29) is 128 Å². The molecule has 3 aliphatic heterocycles. The van der Waals surface area contributed by atoms with Crippen LogP contribution in [0.3, 0.4) is 0 Å². The van der Waals surface area contributed by atoms with Crippen LogP contribution in [0.5, 0.6) is 0 Å². The van der Waals surface area contributed by atoms with Crippen molar-refractivity contribution in [1.82, 2.24) is 19.7 Å². The van der Waals surface area contributed by atoms with Crippen molar-refractivity contribution in [3.8, 4) is 0 Å². The van der Waals surface area contributed by atoms with Crippen LogP contribution in [0.2, 0.25) is 0 Å². The molecular weight excluding hydrogens is 619 g/mol. The molecule has 0 bridgehead atoms. The molecule has 2 aromatic rings. The number of urea groups is 1. The van der Waals surface area contributed by atoms with E-state index in [1.165, 1.54) is 11.1 Å². The van der Waals surface area contributed by atoms with Crippen LogP contribution in [0.1, 0.15) is 35.7 Å². The molecule has 0 spiro atoms. The van der Waals surface area contributed by atoms with Crippen molar-refractivity contribution in [3.63, 3.8) is 0 Å². The van der Waals surface area contributed by atoms with E-state index in [1.54, 1.807) is 15.5 Å². The second-order valence-electron chi connectivity index (χ2n) is 10.6. The van der Waals surface area contributed by atoms with Crippen LogP contribution >= 0.6 is 11.8 Å². The molecule has 6 rings (SSSR count). The number of hydrogen-bond acceptors (Lipinski definition) is 10. The molecule has 1 aromatic carbocycles. The molecule has 4 heterocycles. The predicted octanol–water partition coefficient (Wildman–Crippen LogP) is -7.45. The fourth-order valence-electron chi connectivity index (χ4n) is 5.79. The molecule has 222 valence electrons. The van der Waals surface area contributed by atoms with Gasteiger partial charge < -0.3 is 44.6 Å². The molecule has 44 heavy (non-hydrogen) atoms. The standard InChI is InChI=1S/C27H28FN5O8S.2Na/c28-17-9-15-18(32(13-1-2-13)12-16(22(15)35)25(37)38)10-19(17)30-4-6-31(7-5-30)27(41)29-11-20-21(26(39)40)33-23(36)14(3-8-34)24(33)42-20;;/h9-10,12-14,24,34H,1-8,11H2,(H,29,41)(H,37,38)(H,39,40);;/q;2*+1/p-2/t14-,24+;;/m0../s1. The molecule has 3 fully saturated rings. The van der Waals surface area contributed by atoms with Crippen LogP contribution in [0.25, 0.3) is 10.9 Å². The summed E-state index contributed by atoms with van der Waals surface area (Å²) in [5.74, 6) is -4.71. The van der Waals surface area contributed by atoms with Crippen LogP contribution in [-0.2, 0) is 9.59 Å². The molecule has 13 nitrogen and oxygen atoms in total. The van der Waals surface area contributed by atoms with E-state index < -0.39 is 52.0 Å². The van der Waals surface area contributed by atoms with Gasteiger partial charge in [0.1, 0.15) is 5.82 Å². The number of hydrogen-bond donors (Lipinski definition) is 2. The van der Waals surface area contributed by atoms with Gasteiger partial charge >= 0.3 is 65.1 Å². The second kappa shape index (κ2) is 13.7. The van der Waals surface area contributed by atoms with Crippen molar-refractivity contribution in [2.75, 3.05) is 44.2 Å². The third-order valence-corrected chi connectivity index (χ3v) is 9.53. The van der Waals surface area contributed by atoms with Gasteiger partial charge in [-0.15, -0.1) is 11.8 Å². The van der Waals surface area contributed by atoms with Gasteiger partial charge in [0.2, 0.25) is 5.91 Å². The Morgan fingerprint density at radius 2 is 1.73 bits per heavy atom. The van der Waals surface area contributed by atoms with Gasteiger partial charge in [0.05, 0.1) is 52.2 Å². The van der Waals surface area contributed by atoms with Crippen molar-refractivity contribution < 1.29 is 98.0 Å². The number of carboxylic acids is 2. The molecule has 2 atom stereocenters. The number of aromatic nitrogens is 1. The number of β-lactam (4-membered cyclic amide) rings is 1. The zero-order valence-corrected chi connectivity index (χ0v) is 29.0. The van der Waals surface area contributed by atoms with Crippen molar-refractivity contribution >= 4 is 52.2 Å². The maximum absolute atomic E-state index is 15.2. The van der Waals surface area contributed by atoms with Gasteiger partial charge in [0.25, 0.3) is 0 Å². The number of aromatic carboxylic acids is 1. The number of aliphatic carboxylic acids is 1. The number of anilines is 1. The fourth-order valence-corrected chi connectivity index (χ4v) is 7.27. The minimum absolute atomic E-state index is 0. The van der Waals surface area contributed by atoms with Gasteiger partial charge in [-0.1, -0.05) is 0 Å². The number of fused-ring (bicyclic) bond motifs is 2. The SMILES string of the molecule is O=C([O-])C1=C(CNC(=O)N2CCN(c3cc4c(cc3F)c(=O)c(C(=O)[O-])cn4C3CC3)CC2)S[C@@H]2[C@@H](CCO)C(=O)N12.[Na+].[Na+]. The number of piperazine rings is 1. The first kappa shape index (κ1) is 34.8. The maximum Gasteiger partial charge on any atom is 1.00 e. The number of carbonyl (C=O) groups excluding carboxylic acids is 4. The summed E-state index contributed by atoms with van der Waals surface area (Å²) in [4.78, 5) is 65.8. The van der Waals surface area contributed by atoms with E-state index in [2.05, 4.69) is 5.32 Å².